The number of aryl methyl sites for hydroxylation is 1. The third-order valence-electron chi connectivity index (χ3n) is 2.63. The second-order valence-electron chi connectivity index (χ2n) is 4.14. The van der Waals surface area contributed by atoms with E-state index in [0.717, 1.165) is 5.56 Å². The molecule has 0 aliphatic carbocycles. The highest BCUT2D eigenvalue weighted by Gasteiger charge is 2.09. The molecular weight excluding hydrogens is 262 g/mol. The van der Waals surface area contributed by atoms with Crippen molar-refractivity contribution in [3.8, 4) is 0 Å². The summed E-state index contributed by atoms with van der Waals surface area (Å²) >= 11 is 5.75. The van der Waals surface area contributed by atoms with Crippen LogP contribution in [0.15, 0.2) is 36.5 Å². The summed E-state index contributed by atoms with van der Waals surface area (Å²) < 4.78 is 0. The molecule has 0 aliphatic rings. The van der Waals surface area contributed by atoms with Crippen LogP contribution in [0.1, 0.15) is 27.2 Å². The highest BCUT2D eigenvalue weighted by Crippen LogP contribution is 2.16. The SMILES string of the molecule is Cc1ccc(/C=C/c2ncc(Cl)cc2C(=O)O)cc1. The van der Waals surface area contributed by atoms with Crippen LogP contribution < -0.4 is 0 Å². The Labute approximate surface area is 116 Å². The van der Waals surface area contributed by atoms with Crippen LogP contribution in [0.2, 0.25) is 5.02 Å². The maximum atomic E-state index is 11.1. The van der Waals surface area contributed by atoms with Gasteiger partial charge in [0, 0.05) is 6.20 Å². The van der Waals surface area contributed by atoms with E-state index in [4.69, 9.17) is 16.7 Å². The Hall–Kier alpha value is -2.13. The van der Waals surface area contributed by atoms with Gasteiger partial charge in [0.1, 0.15) is 0 Å². The van der Waals surface area contributed by atoms with Gasteiger partial charge in [-0.15, -0.1) is 0 Å². The number of hydrogen-bond acceptors (Lipinski definition) is 2. The van der Waals surface area contributed by atoms with E-state index in [1.54, 1.807) is 6.08 Å². The fourth-order valence-corrected chi connectivity index (χ4v) is 1.76. The van der Waals surface area contributed by atoms with Gasteiger partial charge < -0.3 is 5.11 Å². The number of aromatic carboxylic acids is 1. The lowest BCUT2D eigenvalue weighted by Gasteiger charge is -2.01. The first-order valence-electron chi connectivity index (χ1n) is 5.70. The second kappa shape index (κ2) is 5.67. The third-order valence-corrected chi connectivity index (χ3v) is 2.83. The van der Waals surface area contributed by atoms with Crippen molar-refractivity contribution in [1.82, 2.24) is 4.98 Å². The number of carboxylic acids is 1. The van der Waals surface area contributed by atoms with Crippen LogP contribution in [0.5, 0.6) is 0 Å². The largest absolute Gasteiger partial charge is 0.478 e. The van der Waals surface area contributed by atoms with Gasteiger partial charge in [-0.05, 0) is 24.6 Å². The molecule has 0 aliphatic heterocycles. The standard InChI is InChI=1S/C15H12ClNO2/c1-10-2-4-11(5-3-10)6-7-14-13(15(18)19)8-12(16)9-17-14/h2-9H,1H3,(H,18,19)/b7-6+. The first kappa shape index (κ1) is 13.3. The van der Waals surface area contributed by atoms with Crippen LogP contribution in [0.25, 0.3) is 12.2 Å². The molecule has 19 heavy (non-hydrogen) atoms. The molecule has 1 N–H and O–H groups in total. The van der Waals surface area contributed by atoms with Gasteiger partial charge in [-0.1, -0.05) is 47.5 Å². The second-order valence-corrected chi connectivity index (χ2v) is 4.57. The van der Waals surface area contributed by atoms with Crippen molar-refractivity contribution >= 4 is 29.7 Å². The highest BCUT2D eigenvalue weighted by atomic mass is 35.5. The topological polar surface area (TPSA) is 50.2 Å². The van der Waals surface area contributed by atoms with Crippen LogP contribution in [0.3, 0.4) is 0 Å². The summed E-state index contributed by atoms with van der Waals surface area (Å²) in [6, 6.07) is 9.30. The van der Waals surface area contributed by atoms with E-state index in [0.29, 0.717) is 10.7 Å². The van der Waals surface area contributed by atoms with E-state index in [-0.39, 0.29) is 5.56 Å². The van der Waals surface area contributed by atoms with Crippen molar-refractivity contribution in [3.05, 3.63) is 63.9 Å². The lowest BCUT2D eigenvalue weighted by atomic mass is 10.1. The number of nitrogens with zero attached hydrogens (tertiary/aromatic N) is 1. The predicted octanol–water partition coefficient (Wildman–Crippen LogP) is 3.91. The van der Waals surface area contributed by atoms with Crippen LogP contribution in [0.4, 0.5) is 0 Å². The van der Waals surface area contributed by atoms with Crippen molar-refractivity contribution in [2.45, 2.75) is 6.92 Å². The summed E-state index contributed by atoms with van der Waals surface area (Å²) in [5.41, 5.74) is 2.64. The van der Waals surface area contributed by atoms with Gasteiger partial charge in [0.05, 0.1) is 16.3 Å². The first-order valence-corrected chi connectivity index (χ1v) is 6.07. The minimum atomic E-state index is -1.04. The maximum absolute atomic E-state index is 11.1. The average Bonchev–Trinajstić information content (AvgIpc) is 2.39. The predicted molar refractivity (Wildman–Crippen MR) is 76.3 cm³/mol. The summed E-state index contributed by atoms with van der Waals surface area (Å²) in [6.45, 7) is 2.01. The molecule has 0 fully saturated rings. The van der Waals surface area contributed by atoms with E-state index in [1.807, 2.05) is 37.3 Å². The van der Waals surface area contributed by atoms with E-state index in [9.17, 15) is 4.79 Å². The molecule has 2 rings (SSSR count). The van der Waals surface area contributed by atoms with Crippen LogP contribution >= 0.6 is 11.6 Å². The number of carboxylic acid groups (broad SMARTS) is 1. The maximum Gasteiger partial charge on any atom is 0.337 e. The molecule has 1 aromatic carbocycles. The fraction of sp³-hybridized carbons (Fsp3) is 0.0667. The zero-order valence-electron chi connectivity index (χ0n) is 10.3. The monoisotopic (exact) mass is 273 g/mol. The van der Waals surface area contributed by atoms with Crippen LogP contribution in [0, 0.1) is 6.92 Å². The molecule has 0 radical (unpaired) electrons. The minimum absolute atomic E-state index is 0.0934. The van der Waals surface area contributed by atoms with Gasteiger partial charge in [0.2, 0.25) is 0 Å². The van der Waals surface area contributed by atoms with Gasteiger partial charge in [0.15, 0.2) is 0 Å². The van der Waals surface area contributed by atoms with E-state index < -0.39 is 5.97 Å². The molecular formula is C15H12ClNO2. The Morgan fingerprint density at radius 3 is 2.58 bits per heavy atom. The first-order chi connectivity index (χ1) is 9.06. The molecule has 0 saturated heterocycles. The normalized spacial score (nSPS) is 10.8. The minimum Gasteiger partial charge on any atom is -0.478 e. The van der Waals surface area contributed by atoms with Crippen molar-refractivity contribution in [1.29, 1.82) is 0 Å². The van der Waals surface area contributed by atoms with E-state index >= 15 is 0 Å². The van der Waals surface area contributed by atoms with Crippen molar-refractivity contribution in [3.63, 3.8) is 0 Å². The van der Waals surface area contributed by atoms with Gasteiger partial charge in [-0.3, -0.25) is 4.98 Å². The smallest absolute Gasteiger partial charge is 0.337 e. The summed E-state index contributed by atoms with van der Waals surface area (Å²) in [7, 11) is 0. The van der Waals surface area contributed by atoms with Gasteiger partial charge in [-0.2, -0.15) is 0 Å². The van der Waals surface area contributed by atoms with Crippen molar-refractivity contribution < 1.29 is 9.90 Å². The molecule has 4 heteroatoms. The molecule has 3 nitrogen and oxygen atoms in total. The quantitative estimate of drug-likeness (QED) is 0.922. The molecule has 1 heterocycles. The number of hydrogen-bond donors (Lipinski definition) is 1. The average molecular weight is 274 g/mol. The molecule has 0 atom stereocenters. The van der Waals surface area contributed by atoms with Gasteiger partial charge in [0.25, 0.3) is 0 Å². The summed E-state index contributed by atoms with van der Waals surface area (Å²) in [5, 5.41) is 9.40. The molecule has 1 aromatic heterocycles. The van der Waals surface area contributed by atoms with E-state index in [1.165, 1.54) is 17.8 Å². The summed E-state index contributed by atoms with van der Waals surface area (Å²) in [6.07, 6.45) is 4.93. The molecule has 2 aromatic rings. The Balaban J connectivity index is 2.32. The van der Waals surface area contributed by atoms with Crippen molar-refractivity contribution in [2.24, 2.45) is 0 Å². The van der Waals surface area contributed by atoms with Crippen LogP contribution in [-0.4, -0.2) is 16.1 Å². The zero-order valence-corrected chi connectivity index (χ0v) is 11.1. The van der Waals surface area contributed by atoms with Gasteiger partial charge in [-0.25, -0.2) is 4.79 Å². The summed E-state index contributed by atoms with van der Waals surface area (Å²) in [5.74, 6) is -1.04. The number of aromatic nitrogens is 1. The number of carbonyl (C=O) groups is 1. The molecule has 0 unspecified atom stereocenters. The molecule has 0 spiro atoms. The Morgan fingerprint density at radius 2 is 1.95 bits per heavy atom. The summed E-state index contributed by atoms with van der Waals surface area (Å²) in [4.78, 5) is 15.1. The number of benzene rings is 1. The Bertz CT molecular complexity index is 633. The molecule has 0 saturated carbocycles. The number of rotatable bonds is 3. The zero-order chi connectivity index (χ0) is 13.8. The highest BCUT2D eigenvalue weighted by molar-refractivity contribution is 6.30. The molecule has 96 valence electrons. The van der Waals surface area contributed by atoms with Gasteiger partial charge >= 0.3 is 5.97 Å². The lowest BCUT2D eigenvalue weighted by molar-refractivity contribution is 0.0696. The Kier molecular flexibility index (Phi) is 3.97. The molecule has 0 bridgehead atoms. The van der Waals surface area contributed by atoms with Crippen molar-refractivity contribution in [2.75, 3.05) is 0 Å². The third kappa shape index (κ3) is 3.42. The van der Waals surface area contributed by atoms with Crippen LogP contribution in [-0.2, 0) is 0 Å². The van der Waals surface area contributed by atoms with E-state index in [2.05, 4.69) is 4.98 Å². The Morgan fingerprint density at radius 1 is 1.26 bits per heavy atom. The number of pyridine rings is 1. The molecule has 0 amide bonds. The lowest BCUT2D eigenvalue weighted by Crippen LogP contribution is -2.01. The fourth-order valence-electron chi connectivity index (χ4n) is 1.61. The number of halogens is 1.